The predicted octanol–water partition coefficient (Wildman–Crippen LogP) is 1.55. The summed E-state index contributed by atoms with van der Waals surface area (Å²) in [5.41, 5.74) is 0.963. The molecule has 1 aromatic carbocycles. The third-order valence-corrected chi connectivity index (χ3v) is 3.69. The van der Waals surface area contributed by atoms with Crippen LogP contribution in [0, 0.1) is 0 Å². The molecule has 19 heavy (non-hydrogen) atoms. The number of hydrogen-bond acceptors (Lipinski definition) is 3. The molecule has 100 valence electrons. The number of carbonyl (C=O) groups is 2. The molecule has 2 aliphatic rings. The van der Waals surface area contributed by atoms with Gasteiger partial charge in [0.2, 0.25) is 0 Å². The number of carbonyl (C=O) groups excluding carboxylic acids is 2. The number of benzene rings is 1. The van der Waals surface area contributed by atoms with Crippen LogP contribution in [0.4, 0.5) is 4.79 Å². The van der Waals surface area contributed by atoms with Crippen LogP contribution in [0.1, 0.15) is 12.0 Å². The molecule has 1 N–H and O–H groups in total. The van der Waals surface area contributed by atoms with E-state index in [1.807, 2.05) is 12.1 Å². The van der Waals surface area contributed by atoms with Gasteiger partial charge in [-0.05, 0) is 17.7 Å². The number of amides is 2. The van der Waals surface area contributed by atoms with Crippen molar-refractivity contribution in [1.29, 1.82) is 0 Å². The van der Waals surface area contributed by atoms with E-state index in [-0.39, 0.29) is 18.1 Å². The summed E-state index contributed by atoms with van der Waals surface area (Å²) >= 11 is 5.79. The van der Waals surface area contributed by atoms with E-state index in [2.05, 4.69) is 5.32 Å². The van der Waals surface area contributed by atoms with Gasteiger partial charge in [0.05, 0.1) is 6.54 Å². The van der Waals surface area contributed by atoms with Gasteiger partial charge in [-0.25, -0.2) is 9.59 Å². The first kappa shape index (κ1) is 12.3. The molecule has 2 atom stereocenters. The smallest absolute Gasteiger partial charge is 0.329 e. The number of fused-ring (bicyclic) bond motifs is 2. The van der Waals surface area contributed by atoms with Crippen LogP contribution in [-0.4, -0.2) is 35.6 Å². The zero-order chi connectivity index (χ0) is 13.4. The molecule has 0 unspecified atom stereocenters. The minimum atomic E-state index is -0.407. The van der Waals surface area contributed by atoms with Crippen LogP contribution in [0.15, 0.2) is 24.3 Å². The summed E-state index contributed by atoms with van der Waals surface area (Å²) in [5.74, 6) is -0.294. The SMILES string of the molecule is O=C1O[C@H]2C[C@@H]1N(C(=O)NCc1ccc(Cl)cc1)C2. The second kappa shape index (κ2) is 4.74. The highest BCUT2D eigenvalue weighted by atomic mass is 35.5. The standard InChI is InChI=1S/C13H13ClN2O3/c14-9-3-1-8(2-4-9)6-15-13(18)16-7-10-5-11(16)12(17)19-10/h1-4,10-11H,5-7H2,(H,15,18)/t10-,11-/m0/s1. The first-order valence-corrected chi connectivity index (χ1v) is 6.50. The van der Waals surface area contributed by atoms with Crippen LogP contribution >= 0.6 is 11.6 Å². The van der Waals surface area contributed by atoms with Gasteiger partial charge >= 0.3 is 12.0 Å². The highest BCUT2D eigenvalue weighted by Crippen LogP contribution is 2.28. The quantitative estimate of drug-likeness (QED) is 0.836. The normalized spacial score (nSPS) is 24.5. The van der Waals surface area contributed by atoms with Gasteiger partial charge in [0, 0.05) is 18.0 Å². The second-order valence-electron chi connectivity index (χ2n) is 4.75. The molecule has 0 radical (unpaired) electrons. The average Bonchev–Trinajstić information content (AvgIpc) is 2.96. The van der Waals surface area contributed by atoms with Crippen molar-refractivity contribution in [1.82, 2.24) is 10.2 Å². The fourth-order valence-electron chi connectivity index (χ4n) is 2.45. The van der Waals surface area contributed by atoms with E-state index in [0.717, 1.165) is 5.56 Å². The number of halogens is 1. The lowest BCUT2D eigenvalue weighted by atomic mass is 10.2. The van der Waals surface area contributed by atoms with Crippen LogP contribution in [-0.2, 0) is 16.1 Å². The van der Waals surface area contributed by atoms with Gasteiger partial charge in [0.15, 0.2) is 0 Å². The van der Waals surface area contributed by atoms with Crippen molar-refractivity contribution in [2.75, 3.05) is 6.54 Å². The number of esters is 1. The average molecular weight is 281 g/mol. The number of likely N-dealkylation sites (tertiary alicyclic amines) is 1. The summed E-state index contributed by atoms with van der Waals surface area (Å²) in [6.45, 7) is 0.905. The van der Waals surface area contributed by atoms with Gasteiger partial charge in [0.25, 0.3) is 0 Å². The number of nitrogens with one attached hydrogen (secondary N) is 1. The van der Waals surface area contributed by atoms with Crippen molar-refractivity contribution >= 4 is 23.6 Å². The third-order valence-electron chi connectivity index (χ3n) is 3.44. The Bertz CT molecular complexity index is 517. The number of rotatable bonds is 2. The van der Waals surface area contributed by atoms with E-state index in [0.29, 0.717) is 24.5 Å². The summed E-state index contributed by atoms with van der Waals surface area (Å²) in [5, 5.41) is 3.46. The Morgan fingerprint density at radius 2 is 2.16 bits per heavy atom. The summed E-state index contributed by atoms with van der Waals surface area (Å²) in [6.07, 6.45) is 0.492. The molecule has 0 saturated carbocycles. The van der Waals surface area contributed by atoms with E-state index in [4.69, 9.17) is 16.3 Å². The number of nitrogens with zero attached hydrogens (tertiary/aromatic N) is 1. The van der Waals surface area contributed by atoms with Crippen molar-refractivity contribution in [2.24, 2.45) is 0 Å². The monoisotopic (exact) mass is 280 g/mol. The highest BCUT2D eigenvalue weighted by Gasteiger charge is 2.48. The van der Waals surface area contributed by atoms with Crippen molar-refractivity contribution in [3.63, 3.8) is 0 Å². The van der Waals surface area contributed by atoms with E-state index >= 15 is 0 Å². The lowest BCUT2D eigenvalue weighted by Crippen LogP contribution is -2.48. The lowest BCUT2D eigenvalue weighted by Gasteiger charge is -2.25. The van der Waals surface area contributed by atoms with Crippen molar-refractivity contribution in [3.05, 3.63) is 34.9 Å². The lowest BCUT2D eigenvalue weighted by molar-refractivity contribution is -0.149. The van der Waals surface area contributed by atoms with Gasteiger partial charge in [-0.15, -0.1) is 0 Å². The summed E-state index contributed by atoms with van der Waals surface area (Å²) < 4.78 is 5.04. The minimum Gasteiger partial charge on any atom is -0.459 e. The maximum Gasteiger partial charge on any atom is 0.329 e. The second-order valence-corrected chi connectivity index (χ2v) is 5.18. The van der Waals surface area contributed by atoms with Gasteiger partial charge < -0.3 is 15.0 Å². The van der Waals surface area contributed by atoms with Crippen LogP contribution in [0.5, 0.6) is 0 Å². The predicted molar refractivity (Wildman–Crippen MR) is 68.7 cm³/mol. The Labute approximate surface area is 115 Å². The molecule has 2 saturated heterocycles. The van der Waals surface area contributed by atoms with Crippen molar-refractivity contribution in [2.45, 2.75) is 25.1 Å². The summed E-state index contributed by atoms with van der Waals surface area (Å²) in [7, 11) is 0. The molecule has 0 aliphatic carbocycles. The first-order chi connectivity index (χ1) is 9.13. The van der Waals surface area contributed by atoms with E-state index in [1.54, 1.807) is 17.0 Å². The fraction of sp³-hybridized carbons (Fsp3) is 0.385. The molecule has 2 heterocycles. The van der Waals surface area contributed by atoms with Gasteiger partial charge in [-0.3, -0.25) is 0 Å². The number of ether oxygens (including phenoxy) is 1. The highest BCUT2D eigenvalue weighted by molar-refractivity contribution is 6.30. The number of morpholine rings is 1. The minimum absolute atomic E-state index is 0.126. The maximum atomic E-state index is 12.0. The summed E-state index contributed by atoms with van der Waals surface area (Å²) in [4.78, 5) is 25.0. The maximum absolute atomic E-state index is 12.0. The van der Waals surface area contributed by atoms with Crippen LogP contribution < -0.4 is 5.32 Å². The third kappa shape index (κ3) is 2.38. The zero-order valence-corrected chi connectivity index (χ0v) is 10.9. The molecular weight excluding hydrogens is 268 g/mol. The number of hydrogen-bond donors (Lipinski definition) is 1. The molecule has 2 fully saturated rings. The molecule has 2 bridgehead atoms. The summed E-state index contributed by atoms with van der Waals surface area (Å²) in [6, 6.07) is 6.63. The molecule has 3 rings (SSSR count). The number of urea groups is 1. The van der Waals surface area contributed by atoms with Crippen molar-refractivity contribution in [3.8, 4) is 0 Å². The van der Waals surface area contributed by atoms with Gasteiger partial charge in [-0.2, -0.15) is 0 Å². The molecule has 2 amide bonds. The topological polar surface area (TPSA) is 58.6 Å². The van der Waals surface area contributed by atoms with Gasteiger partial charge in [0.1, 0.15) is 12.1 Å². The van der Waals surface area contributed by atoms with Crippen LogP contribution in [0.3, 0.4) is 0 Å². The molecule has 2 aliphatic heterocycles. The van der Waals surface area contributed by atoms with Crippen LogP contribution in [0.2, 0.25) is 5.02 Å². The Morgan fingerprint density at radius 3 is 2.79 bits per heavy atom. The largest absolute Gasteiger partial charge is 0.459 e. The van der Waals surface area contributed by atoms with Gasteiger partial charge in [-0.1, -0.05) is 23.7 Å². The van der Waals surface area contributed by atoms with Crippen molar-refractivity contribution < 1.29 is 14.3 Å². The molecule has 5 nitrogen and oxygen atoms in total. The zero-order valence-electron chi connectivity index (χ0n) is 10.1. The van der Waals surface area contributed by atoms with E-state index in [9.17, 15) is 9.59 Å². The van der Waals surface area contributed by atoms with Crippen LogP contribution in [0.25, 0.3) is 0 Å². The van der Waals surface area contributed by atoms with E-state index < -0.39 is 6.04 Å². The Balaban J connectivity index is 1.57. The Morgan fingerprint density at radius 1 is 1.42 bits per heavy atom. The first-order valence-electron chi connectivity index (χ1n) is 6.13. The Kier molecular flexibility index (Phi) is 3.06. The molecular formula is C13H13ClN2O3. The Hall–Kier alpha value is -1.75. The molecule has 0 aromatic heterocycles. The molecule has 0 spiro atoms. The fourth-order valence-corrected chi connectivity index (χ4v) is 2.58. The molecule has 6 heteroatoms. The molecule has 1 aromatic rings. The van der Waals surface area contributed by atoms with E-state index in [1.165, 1.54) is 0 Å².